The van der Waals surface area contributed by atoms with E-state index in [1.165, 1.54) is 30.6 Å². The van der Waals surface area contributed by atoms with Crippen molar-refractivity contribution in [3.8, 4) is 0 Å². The van der Waals surface area contributed by atoms with Gasteiger partial charge in [0, 0.05) is 42.7 Å². The van der Waals surface area contributed by atoms with Gasteiger partial charge in [-0.2, -0.15) is 0 Å². The zero-order valence-corrected chi connectivity index (χ0v) is 18.7. The number of thiophene rings is 1. The van der Waals surface area contributed by atoms with Crippen molar-refractivity contribution in [1.29, 1.82) is 0 Å². The van der Waals surface area contributed by atoms with Crippen molar-refractivity contribution >= 4 is 34.1 Å². The average Bonchev–Trinajstić information content (AvgIpc) is 3.45. The summed E-state index contributed by atoms with van der Waals surface area (Å²) in [7, 11) is 0. The number of amides is 2. The number of aromatic nitrogens is 1. The van der Waals surface area contributed by atoms with Crippen LogP contribution in [0.3, 0.4) is 0 Å². The van der Waals surface area contributed by atoms with Crippen LogP contribution in [0.15, 0.2) is 48.0 Å². The lowest BCUT2D eigenvalue weighted by atomic mass is 10.0. The van der Waals surface area contributed by atoms with E-state index in [1.807, 2.05) is 41.9 Å². The fraction of sp³-hybridized carbons (Fsp3) is 0.417. The number of nitrogens with zero attached hydrogens (tertiary/aromatic N) is 1. The fourth-order valence-corrected chi connectivity index (χ4v) is 4.93. The molecular weight excluding hydrogens is 408 g/mol. The number of rotatable bonds is 8. The number of benzene rings is 1. The molecule has 4 rings (SSSR count). The third kappa shape index (κ3) is 5.35. The number of para-hydroxylation sites is 1. The van der Waals surface area contributed by atoms with Gasteiger partial charge in [0.25, 0.3) is 5.91 Å². The quantitative estimate of drug-likeness (QED) is 0.503. The zero-order valence-electron chi connectivity index (χ0n) is 17.9. The van der Waals surface area contributed by atoms with Crippen molar-refractivity contribution in [2.75, 3.05) is 19.6 Å². The molecule has 1 aromatic carbocycles. The Balaban J connectivity index is 1.43. The first kappa shape index (κ1) is 21.6. The Kier molecular flexibility index (Phi) is 7.04. The molecule has 3 N–H and O–H groups in total. The van der Waals surface area contributed by atoms with Gasteiger partial charge in [-0.3, -0.25) is 14.5 Å². The molecule has 6 nitrogen and oxygen atoms in total. The van der Waals surface area contributed by atoms with Crippen molar-refractivity contribution in [2.24, 2.45) is 0 Å². The molecule has 1 aliphatic rings. The van der Waals surface area contributed by atoms with Crippen LogP contribution in [0.5, 0.6) is 0 Å². The summed E-state index contributed by atoms with van der Waals surface area (Å²) in [5.41, 5.74) is 2.05. The van der Waals surface area contributed by atoms with Gasteiger partial charge in [0.1, 0.15) is 6.04 Å². The van der Waals surface area contributed by atoms with Crippen LogP contribution < -0.4 is 10.6 Å². The van der Waals surface area contributed by atoms with Gasteiger partial charge >= 0.3 is 0 Å². The van der Waals surface area contributed by atoms with E-state index >= 15 is 0 Å². The fourth-order valence-electron chi connectivity index (χ4n) is 4.30. The molecule has 164 valence electrons. The minimum atomic E-state index is -0.632. The number of aromatic amines is 1. The van der Waals surface area contributed by atoms with Gasteiger partial charge in [0.15, 0.2) is 0 Å². The third-order valence-corrected chi connectivity index (χ3v) is 6.97. The van der Waals surface area contributed by atoms with Crippen LogP contribution in [0.1, 0.15) is 41.4 Å². The molecule has 0 spiro atoms. The first-order valence-electron chi connectivity index (χ1n) is 11.0. The van der Waals surface area contributed by atoms with Gasteiger partial charge in [0.05, 0.1) is 4.88 Å². The van der Waals surface area contributed by atoms with Crippen molar-refractivity contribution in [3.63, 3.8) is 0 Å². The molecule has 3 heterocycles. The molecule has 31 heavy (non-hydrogen) atoms. The number of H-pyrrole nitrogens is 1. The van der Waals surface area contributed by atoms with Crippen molar-refractivity contribution in [3.05, 3.63) is 58.4 Å². The highest BCUT2D eigenvalue weighted by atomic mass is 32.1. The molecule has 0 bridgehead atoms. The van der Waals surface area contributed by atoms with Crippen LogP contribution >= 0.6 is 11.3 Å². The first-order valence-corrected chi connectivity index (χ1v) is 11.9. The van der Waals surface area contributed by atoms with Crippen LogP contribution in [0.2, 0.25) is 0 Å². The second-order valence-electron chi connectivity index (χ2n) is 8.24. The van der Waals surface area contributed by atoms with Crippen LogP contribution in [0, 0.1) is 0 Å². The summed E-state index contributed by atoms with van der Waals surface area (Å²) in [6, 6.07) is 11.6. The molecule has 0 saturated carbocycles. The highest BCUT2D eigenvalue weighted by Gasteiger charge is 2.24. The van der Waals surface area contributed by atoms with E-state index in [0.717, 1.165) is 29.6 Å². The van der Waals surface area contributed by atoms with Gasteiger partial charge in [0.2, 0.25) is 5.91 Å². The number of carbonyl (C=O) groups is 2. The molecule has 1 fully saturated rings. The Labute approximate surface area is 187 Å². The predicted octanol–water partition coefficient (Wildman–Crippen LogP) is 3.56. The topological polar surface area (TPSA) is 77.2 Å². The van der Waals surface area contributed by atoms with Crippen molar-refractivity contribution < 1.29 is 9.59 Å². The van der Waals surface area contributed by atoms with E-state index in [-0.39, 0.29) is 11.8 Å². The Morgan fingerprint density at radius 2 is 2.10 bits per heavy atom. The maximum atomic E-state index is 13.1. The van der Waals surface area contributed by atoms with Crippen LogP contribution in [-0.4, -0.2) is 53.4 Å². The number of fused-ring (bicyclic) bond motifs is 1. The minimum Gasteiger partial charge on any atom is -0.361 e. The van der Waals surface area contributed by atoms with E-state index in [9.17, 15) is 9.59 Å². The van der Waals surface area contributed by atoms with Gasteiger partial charge in [-0.15, -0.1) is 11.3 Å². The highest BCUT2D eigenvalue weighted by Crippen LogP contribution is 2.20. The zero-order chi connectivity index (χ0) is 21.6. The average molecular weight is 439 g/mol. The number of hydrogen-bond acceptors (Lipinski definition) is 4. The molecule has 1 saturated heterocycles. The normalized spacial score (nSPS) is 18.0. The lowest BCUT2D eigenvalue weighted by Gasteiger charge is -2.33. The molecule has 2 aromatic heterocycles. The highest BCUT2D eigenvalue weighted by molar-refractivity contribution is 7.12. The SMILES string of the molecule is CC1CCCCN1CCNC(=O)C(Cc1c[nH]c2ccccc12)NC(=O)c1cccs1. The maximum Gasteiger partial charge on any atom is 0.262 e. The van der Waals surface area contributed by atoms with Crippen molar-refractivity contribution in [1.82, 2.24) is 20.5 Å². The number of hydrogen-bond donors (Lipinski definition) is 3. The summed E-state index contributed by atoms with van der Waals surface area (Å²) in [5, 5.41) is 8.95. The summed E-state index contributed by atoms with van der Waals surface area (Å²) in [6.07, 6.45) is 6.09. The lowest BCUT2D eigenvalue weighted by molar-refractivity contribution is -0.123. The van der Waals surface area contributed by atoms with E-state index in [4.69, 9.17) is 0 Å². The Bertz CT molecular complexity index is 1010. The van der Waals surface area contributed by atoms with E-state index in [0.29, 0.717) is 23.9 Å². The molecule has 3 aromatic rings. The summed E-state index contributed by atoms with van der Waals surface area (Å²) in [6.45, 7) is 4.76. The number of piperidine rings is 1. The van der Waals surface area contributed by atoms with Crippen LogP contribution in [-0.2, 0) is 11.2 Å². The largest absolute Gasteiger partial charge is 0.361 e. The smallest absolute Gasteiger partial charge is 0.262 e. The molecular formula is C24H30N4O2S. The van der Waals surface area contributed by atoms with E-state index in [1.54, 1.807) is 6.07 Å². The standard InChI is InChI=1S/C24H30N4O2S/c1-17-7-4-5-12-28(17)13-11-25-23(29)21(27-24(30)22-10-6-14-31-22)15-18-16-26-20-9-3-2-8-19(18)20/h2-3,6,8-10,14,16-17,21,26H,4-5,7,11-13,15H2,1H3,(H,25,29)(H,27,30). The monoisotopic (exact) mass is 438 g/mol. The molecule has 2 amide bonds. The van der Waals surface area contributed by atoms with Gasteiger partial charge < -0.3 is 15.6 Å². The second kappa shape index (κ2) is 10.1. The van der Waals surface area contributed by atoms with Crippen LogP contribution in [0.25, 0.3) is 10.9 Å². The Morgan fingerprint density at radius 1 is 1.23 bits per heavy atom. The molecule has 0 radical (unpaired) electrons. The predicted molar refractivity (Wildman–Crippen MR) is 125 cm³/mol. The maximum absolute atomic E-state index is 13.1. The third-order valence-electron chi connectivity index (χ3n) is 6.10. The first-order chi connectivity index (χ1) is 15.1. The number of nitrogens with one attached hydrogen (secondary N) is 3. The minimum absolute atomic E-state index is 0.139. The molecule has 2 unspecified atom stereocenters. The van der Waals surface area contributed by atoms with E-state index < -0.39 is 6.04 Å². The Hall–Kier alpha value is -2.64. The summed E-state index contributed by atoms with van der Waals surface area (Å²) < 4.78 is 0. The molecule has 1 aliphatic heterocycles. The second-order valence-corrected chi connectivity index (χ2v) is 9.19. The van der Waals surface area contributed by atoms with E-state index in [2.05, 4.69) is 27.4 Å². The van der Waals surface area contributed by atoms with Crippen molar-refractivity contribution in [2.45, 2.75) is 44.7 Å². The number of carbonyl (C=O) groups excluding carboxylic acids is 2. The van der Waals surface area contributed by atoms with Gasteiger partial charge in [-0.1, -0.05) is 30.7 Å². The van der Waals surface area contributed by atoms with Crippen LogP contribution in [0.4, 0.5) is 0 Å². The summed E-state index contributed by atoms with van der Waals surface area (Å²) >= 11 is 1.38. The molecule has 2 atom stereocenters. The Morgan fingerprint density at radius 3 is 2.90 bits per heavy atom. The lowest BCUT2D eigenvalue weighted by Crippen LogP contribution is -2.50. The van der Waals surface area contributed by atoms with Gasteiger partial charge in [-0.25, -0.2) is 0 Å². The summed E-state index contributed by atoms with van der Waals surface area (Å²) in [4.78, 5) is 32.1. The summed E-state index contributed by atoms with van der Waals surface area (Å²) in [5.74, 6) is -0.348. The molecule has 7 heteroatoms. The molecule has 0 aliphatic carbocycles. The number of likely N-dealkylation sites (tertiary alicyclic amines) is 1. The van der Waals surface area contributed by atoms with Gasteiger partial charge in [-0.05, 0) is 49.4 Å².